The van der Waals surface area contributed by atoms with E-state index in [1.807, 2.05) is 0 Å². The maximum atomic E-state index is 13.4. The van der Waals surface area contributed by atoms with Crippen LogP contribution in [0.2, 0.25) is 5.02 Å². The molecule has 2 aromatic rings. The van der Waals surface area contributed by atoms with Crippen LogP contribution in [0.15, 0.2) is 36.5 Å². The van der Waals surface area contributed by atoms with E-state index in [2.05, 4.69) is 4.98 Å². The number of aromatic nitrogens is 1. The lowest BCUT2D eigenvalue weighted by Gasteiger charge is -2.07. The molecule has 0 saturated carbocycles. The van der Waals surface area contributed by atoms with E-state index in [-0.39, 0.29) is 16.5 Å². The molecule has 0 N–H and O–H groups in total. The van der Waals surface area contributed by atoms with E-state index in [0.29, 0.717) is 12.0 Å². The highest BCUT2D eigenvalue weighted by molar-refractivity contribution is 6.32. The number of aldehydes is 1. The number of carbonyl (C=O) groups excluding carboxylic acids is 1. The Balaban J connectivity index is 2.28. The Morgan fingerprint density at radius 2 is 2.12 bits per heavy atom. The van der Waals surface area contributed by atoms with Crippen LogP contribution in [0.25, 0.3) is 0 Å². The van der Waals surface area contributed by atoms with Crippen molar-refractivity contribution >= 4 is 17.9 Å². The van der Waals surface area contributed by atoms with Gasteiger partial charge in [0.15, 0.2) is 17.9 Å². The third-order valence-electron chi connectivity index (χ3n) is 2.02. The molecule has 0 amide bonds. The predicted octanol–water partition coefficient (Wildman–Crippen LogP) is 3.48. The van der Waals surface area contributed by atoms with E-state index in [1.165, 1.54) is 36.5 Å². The van der Waals surface area contributed by atoms with Gasteiger partial charge < -0.3 is 4.74 Å². The van der Waals surface area contributed by atoms with Gasteiger partial charge in [-0.15, -0.1) is 0 Å². The number of rotatable bonds is 3. The molecule has 0 aliphatic rings. The van der Waals surface area contributed by atoms with Crippen LogP contribution in [-0.4, -0.2) is 11.3 Å². The summed E-state index contributed by atoms with van der Waals surface area (Å²) in [5, 5.41) is 0.171. The van der Waals surface area contributed by atoms with Crippen LogP contribution in [-0.2, 0) is 0 Å². The standard InChI is InChI=1S/C12H7ClFNO2/c13-10-2-1-3-11(14)12(10)17-9-5-4-8(7-16)15-6-9/h1-7H. The van der Waals surface area contributed by atoms with Gasteiger partial charge in [-0.1, -0.05) is 17.7 Å². The number of benzene rings is 1. The molecule has 1 aromatic carbocycles. The molecular formula is C12H7ClFNO2. The van der Waals surface area contributed by atoms with Gasteiger partial charge in [0.25, 0.3) is 0 Å². The molecule has 0 fully saturated rings. The Bertz CT molecular complexity index is 522. The van der Waals surface area contributed by atoms with Gasteiger partial charge >= 0.3 is 0 Å². The largest absolute Gasteiger partial charge is 0.451 e. The van der Waals surface area contributed by atoms with E-state index >= 15 is 0 Å². The maximum Gasteiger partial charge on any atom is 0.181 e. The normalized spacial score (nSPS) is 10.0. The van der Waals surface area contributed by atoms with Crippen molar-refractivity contribution in [3.05, 3.63) is 53.1 Å². The van der Waals surface area contributed by atoms with Gasteiger partial charge in [0.1, 0.15) is 11.4 Å². The molecule has 0 unspecified atom stereocenters. The Labute approximate surface area is 102 Å². The van der Waals surface area contributed by atoms with Crippen molar-refractivity contribution in [2.75, 3.05) is 0 Å². The molecule has 2 rings (SSSR count). The molecule has 0 spiro atoms. The van der Waals surface area contributed by atoms with Crippen LogP contribution in [0.4, 0.5) is 4.39 Å². The lowest BCUT2D eigenvalue weighted by molar-refractivity contribution is 0.111. The lowest BCUT2D eigenvalue weighted by Crippen LogP contribution is -1.91. The van der Waals surface area contributed by atoms with E-state index < -0.39 is 5.82 Å². The van der Waals surface area contributed by atoms with E-state index in [9.17, 15) is 9.18 Å². The van der Waals surface area contributed by atoms with Crippen LogP contribution < -0.4 is 4.74 Å². The quantitative estimate of drug-likeness (QED) is 0.784. The molecular weight excluding hydrogens is 245 g/mol. The van der Waals surface area contributed by atoms with Crippen LogP contribution >= 0.6 is 11.6 Å². The van der Waals surface area contributed by atoms with Crippen LogP contribution in [0.3, 0.4) is 0 Å². The first kappa shape index (κ1) is 11.5. The van der Waals surface area contributed by atoms with Crippen LogP contribution in [0.5, 0.6) is 11.5 Å². The fraction of sp³-hybridized carbons (Fsp3) is 0. The smallest absolute Gasteiger partial charge is 0.181 e. The Morgan fingerprint density at radius 1 is 1.29 bits per heavy atom. The van der Waals surface area contributed by atoms with Crippen molar-refractivity contribution in [2.24, 2.45) is 0 Å². The zero-order valence-corrected chi connectivity index (χ0v) is 9.32. The van der Waals surface area contributed by atoms with Gasteiger partial charge in [-0.25, -0.2) is 9.37 Å². The second-order valence-corrected chi connectivity index (χ2v) is 3.60. The number of hydrogen-bond donors (Lipinski definition) is 0. The number of hydrogen-bond acceptors (Lipinski definition) is 3. The van der Waals surface area contributed by atoms with Gasteiger partial charge in [-0.05, 0) is 24.3 Å². The second kappa shape index (κ2) is 4.93. The zero-order chi connectivity index (χ0) is 12.3. The summed E-state index contributed by atoms with van der Waals surface area (Å²) in [4.78, 5) is 14.2. The summed E-state index contributed by atoms with van der Waals surface area (Å²) in [6.07, 6.45) is 1.94. The SMILES string of the molecule is O=Cc1ccc(Oc2c(F)cccc2Cl)cn1. The monoisotopic (exact) mass is 251 g/mol. The lowest BCUT2D eigenvalue weighted by atomic mass is 10.3. The molecule has 0 bridgehead atoms. The van der Waals surface area contributed by atoms with E-state index in [4.69, 9.17) is 16.3 Å². The molecule has 5 heteroatoms. The van der Waals surface area contributed by atoms with Crippen molar-refractivity contribution < 1.29 is 13.9 Å². The minimum Gasteiger partial charge on any atom is -0.451 e. The highest BCUT2D eigenvalue weighted by Gasteiger charge is 2.09. The Morgan fingerprint density at radius 3 is 2.71 bits per heavy atom. The summed E-state index contributed by atoms with van der Waals surface area (Å²) in [6, 6.07) is 7.23. The first-order chi connectivity index (χ1) is 8.20. The summed E-state index contributed by atoms with van der Waals surface area (Å²) < 4.78 is 18.6. The highest BCUT2D eigenvalue weighted by atomic mass is 35.5. The topological polar surface area (TPSA) is 39.2 Å². The van der Waals surface area contributed by atoms with Crippen LogP contribution in [0.1, 0.15) is 10.5 Å². The summed E-state index contributed by atoms with van der Waals surface area (Å²) in [5.41, 5.74) is 0.275. The molecule has 86 valence electrons. The summed E-state index contributed by atoms with van der Waals surface area (Å²) in [7, 11) is 0. The number of pyridine rings is 1. The zero-order valence-electron chi connectivity index (χ0n) is 8.56. The van der Waals surface area contributed by atoms with Crippen molar-refractivity contribution in [3.8, 4) is 11.5 Å². The molecule has 17 heavy (non-hydrogen) atoms. The van der Waals surface area contributed by atoms with Gasteiger partial charge in [-0.2, -0.15) is 0 Å². The number of carbonyl (C=O) groups is 1. The number of halogens is 2. The van der Waals surface area contributed by atoms with Gasteiger partial charge in [-0.3, -0.25) is 4.79 Å². The molecule has 0 aliphatic heterocycles. The summed E-state index contributed by atoms with van der Waals surface area (Å²) >= 11 is 5.80. The molecule has 0 saturated heterocycles. The van der Waals surface area contributed by atoms with Gasteiger partial charge in [0.2, 0.25) is 0 Å². The molecule has 1 aromatic heterocycles. The fourth-order valence-electron chi connectivity index (χ4n) is 1.22. The summed E-state index contributed by atoms with van der Waals surface area (Å²) in [6.45, 7) is 0. The molecule has 3 nitrogen and oxygen atoms in total. The maximum absolute atomic E-state index is 13.4. The molecule has 0 aliphatic carbocycles. The molecule has 0 atom stereocenters. The Kier molecular flexibility index (Phi) is 3.35. The molecule has 0 radical (unpaired) electrons. The first-order valence-corrected chi connectivity index (χ1v) is 5.11. The number of nitrogens with zero attached hydrogens (tertiary/aromatic N) is 1. The Hall–Kier alpha value is -1.94. The van der Waals surface area contributed by atoms with Crippen molar-refractivity contribution in [2.45, 2.75) is 0 Å². The average Bonchev–Trinajstić information content (AvgIpc) is 2.35. The number of ether oxygens (including phenoxy) is 1. The number of para-hydroxylation sites is 1. The minimum atomic E-state index is -0.558. The van der Waals surface area contributed by atoms with Crippen molar-refractivity contribution in [1.82, 2.24) is 4.98 Å². The van der Waals surface area contributed by atoms with E-state index in [1.54, 1.807) is 0 Å². The minimum absolute atomic E-state index is 0.0604. The van der Waals surface area contributed by atoms with Crippen molar-refractivity contribution in [3.63, 3.8) is 0 Å². The second-order valence-electron chi connectivity index (χ2n) is 3.19. The summed E-state index contributed by atoms with van der Waals surface area (Å²) in [5.74, 6) is -0.311. The fourth-order valence-corrected chi connectivity index (χ4v) is 1.42. The molecule has 1 heterocycles. The average molecular weight is 252 g/mol. The third-order valence-corrected chi connectivity index (χ3v) is 2.32. The van der Waals surface area contributed by atoms with Crippen molar-refractivity contribution in [1.29, 1.82) is 0 Å². The van der Waals surface area contributed by atoms with E-state index in [0.717, 1.165) is 0 Å². The first-order valence-electron chi connectivity index (χ1n) is 4.74. The van der Waals surface area contributed by atoms with Gasteiger partial charge in [0.05, 0.1) is 11.2 Å². The predicted molar refractivity (Wildman–Crippen MR) is 61.1 cm³/mol. The highest BCUT2D eigenvalue weighted by Crippen LogP contribution is 2.31. The van der Waals surface area contributed by atoms with Crippen LogP contribution in [0, 0.1) is 5.82 Å². The third kappa shape index (κ3) is 2.60. The van der Waals surface area contributed by atoms with Gasteiger partial charge in [0, 0.05) is 0 Å².